The number of rotatable bonds is 4. The van der Waals surface area contributed by atoms with Crippen LogP contribution < -0.4 is 0 Å². The van der Waals surface area contributed by atoms with Crippen LogP contribution >= 0.6 is 0 Å². The van der Waals surface area contributed by atoms with Gasteiger partial charge in [-0.05, 0) is 69.1 Å². The second-order valence-corrected chi connectivity index (χ2v) is 8.34. The molecule has 0 saturated heterocycles. The molecule has 2 aliphatic rings. The minimum atomic E-state index is 0.177. The molecule has 1 heteroatoms. The molecule has 0 aliphatic heterocycles. The monoisotopic (exact) mass is 290 g/mol. The average molecular weight is 290 g/mol. The quantitative estimate of drug-likeness (QED) is 0.663. The first-order valence-electron chi connectivity index (χ1n) is 8.77. The summed E-state index contributed by atoms with van der Waals surface area (Å²) in [5, 5.41) is 9.04. The van der Waals surface area contributed by atoms with Crippen molar-refractivity contribution >= 4 is 0 Å². The highest BCUT2D eigenvalue weighted by molar-refractivity contribution is 5.28. The van der Waals surface area contributed by atoms with Crippen molar-refractivity contribution in [3.63, 3.8) is 0 Å². The fourth-order valence-electron chi connectivity index (χ4n) is 5.27. The van der Waals surface area contributed by atoms with E-state index < -0.39 is 0 Å². The predicted molar refractivity (Wildman–Crippen MR) is 91.2 cm³/mol. The van der Waals surface area contributed by atoms with E-state index in [0.29, 0.717) is 10.8 Å². The van der Waals surface area contributed by atoms with Crippen molar-refractivity contribution in [2.45, 2.75) is 79.6 Å². The summed E-state index contributed by atoms with van der Waals surface area (Å²) in [5.41, 5.74) is 5.65. The van der Waals surface area contributed by atoms with Crippen molar-refractivity contribution in [2.75, 3.05) is 6.61 Å². The molecule has 21 heavy (non-hydrogen) atoms. The molecular weight excluding hydrogens is 256 g/mol. The minimum Gasteiger partial charge on any atom is -0.392 e. The molecule has 1 nitrogen and oxygen atoms in total. The highest BCUT2D eigenvalue weighted by atomic mass is 16.2. The topological polar surface area (TPSA) is 20.2 Å². The van der Waals surface area contributed by atoms with Gasteiger partial charge in [0.25, 0.3) is 0 Å². The predicted octanol–water partition coefficient (Wildman–Crippen LogP) is 5.65. The van der Waals surface area contributed by atoms with E-state index in [4.69, 9.17) is 5.11 Å². The number of hydrogen-bond donors (Lipinski definition) is 1. The van der Waals surface area contributed by atoms with Gasteiger partial charge in [0.1, 0.15) is 0 Å². The Morgan fingerprint density at radius 2 is 2.00 bits per heavy atom. The second kappa shape index (κ2) is 6.28. The average Bonchev–Trinajstić information content (AvgIpc) is 2.37. The first-order valence-corrected chi connectivity index (χ1v) is 8.77. The molecule has 0 spiro atoms. The van der Waals surface area contributed by atoms with Crippen LogP contribution in [0.15, 0.2) is 22.8 Å². The van der Waals surface area contributed by atoms with E-state index in [1.807, 2.05) is 6.08 Å². The molecule has 2 rings (SSSR count). The Morgan fingerprint density at radius 3 is 2.67 bits per heavy atom. The summed E-state index contributed by atoms with van der Waals surface area (Å²) < 4.78 is 0. The first-order chi connectivity index (χ1) is 9.81. The van der Waals surface area contributed by atoms with Gasteiger partial charge in [-0.25, -0.2) is 0 Å². The number of hydrogen-bond acceptors (Lipinski definition) is 1. The van der Waals surface area contributed by atoms with Crippen molar-refractivity contribution in [1.82, 2.24) is 0 Å². The maximum absolute atomic E-state index is 9.04. The zero-order valence-corrected chi connectivity index (χ0v) is 14.8. The van der Waals surface area contributed by atoms with Gasteiger partial charge in [0.05, 0.1) is 6.61 Å². The van der Waals surface area contributed by atoms with E-state index in [1.54, 1.807) is 11.1 Å². The molecule has 120 valence electrons. The van der Waals surface area contributed by atoms with E-state index in [-0.39, 0.29) is 6.61 Å². The zero-order chi connectivity index (χ0) is 15.7. The zero-order valence-electron chi connectivity index (χ0n) is 14.8. The van der Waals surface area contributed by atoms with E-state index in [9.17, 15) is 0 Å². The van der Waals surface area contributed by atoms with Crippen LogP contribution in [0.4, 0.5) is 0 Å². The third kappa shape index (κ3) is 3.28. The lowest BCUT2D eigenvalue weighted by atomic mass is 9.50. The van der Waals surface area contributed by atoms with Crippen LogP contribution in [0.3, 0.4) is 0 Å². The van der Waals surface area contributed by atoms with Gasteiger partial charge >= 0.3 is 0 Å². The lowest BCUT2D eigenvalue weighted by Gasteiger charge is -2.55. The summed E-state index contributed by atoms with van der Waals surface area (Å²) in [6, 6.07) is 0. The van der Waals surface area contributed by atoms with Crippen LogP contribution in [0, 0.1) is 16.7 Å². The third-order valence-electron chi connectivity index (χ3n) is 6.45. The van der Waals surface area contributed by atoms with Crippen molar-refractivity contribution < 1.29 is 5.11 Å². The van der Waals surface area contributed by atoms with Crippen LogP contribution in [0.25, 0.3) is 0 Å². The Kier molecular flexibility index (Phi) is 5.03. The van der Waals surface area contributed by atoms with Crippen LogP contribution in [-0.4, -0.2) is 11.7 Å². The van der Waals surface area contributed by atoms with Gasteiger partial charge in [-0.15, -0.1) is 0 Å². The molecule has 2 aliphatic carbocycles. The molecule has 2 atom stereocenters. The van der Waals surface area contributed by atoms with Crippen LogP contribution in [0.2, 0.25) is 0 Å². The molecular formula is C20H34O. The normalized spacial score (nSPS) is 33.0. The largest absolute Gasteiger partial charge is 0.392 e. The Hall–Kier alpha value is -0.560. The van der Waals surface area contributed by atoms with Crippen LogP contribution in [0.1, 0.15) is 79.6 Å². The standard InChI is InChI=1S/C20H34O/c1-15(11-14-21)7-9-17-16(2)8-10-18-19(3,4)12-6-13-20(17,18)5/h11,18,21H,6-10,12-14H2,1-5H3/b15-11+/t18?,20-/m0/s1. The van der Waals surface area contributed by atoms with Gasteiger partial charge in [0.15, 0.2) is 0 Å². The van der Waals surface area contributed by atoms with E-state index in [0.717, 1.165) is 12.3 Å². The van der Waals surface area contributed by atoms with Gasteiger partial charge in [-0.1, -0.05) is 50.0 Å². The Balaban J connectivity index is 2.23. The summed E-state index contributed by atoms with van der Waals surface area (Å²) in [6.07, 6.45) is 11.1. The molecule has 1 fully saturated rings. The highest BCUT2D eigenvalue weighted by Crippen LogP contribution is 2.60. The van der Waals surface area contributed by atoms with Gasteiger partial charge < -0.3 is 5.11 Å². The fourth-order valence-corrected chi connectivity index (χ4v) is 5.27. The third-order valence-corrected chi connectivity index (χ3v) is 6.45. The number of allylic oxidation sites excluding steroid dienone is 3. The minimum absolute atomic E-state index is 0.177. The lowest BCUT2D eigenvalue weighted by Crippen LogP contribution is -2.45. The Bertz CT molecular complexity index is 441. The van der Waals surface area contributed by atoms with Crippen LogP contribution in [0.5, 0.6) is 0 Å². The molecule has 0 heterocycles. The molecule has 0 bridgehead atoms. The van der Waals surface area contributed by atoms with Crippen molar-refractivity contribution in [3.8, 4) is 0 Å². The molecule has 1 unspecified atom stereocenters. The molecule has 0 aromatic heterocycles. The number of aliphatic hydroxyl groups is 1. The maximum Gasteiger partial charge on any atom is 0.0614 e. The van der Waals surface area contributed by atoms with Crippen LogP contribution in [-0.2, 0) is 0 Å². The van der Waals surface area contributed by atoms with Crippen molar-refractivity contribution in [1.29, 1.82) is 0 Å². The molecule has 0 amide bonds. The van der Waals surface area contributed by atoms with Gasteiger partial charge in [-0.3, -0.25) is 0 Å². The second-order valence-electron chi connectivity index (χ2n) is 8.34. The smallest absolute Gasteiger partial charge is 0.0614 e. The summed E-state index contributed by atoms with van der Waals surface area (Å²) in [6.45, 7) is 12.2. The SMILES string of the molecule is CC1=C(CC/C(C)=C/CO)[C@]2(C)CCCC(C)(C)C2CC1. The highest BCUT2D eigenvalue weighted by Gasteiger charge is 2.49. The van der Waals surface area contributed by atoms with E-state index in [2.05, 4.69) is 34.6 Å². The van der Waals surface area contributed by atoms with Crippen molar-refractivity contribution in [2.24, 2.45) is 16.7 Å². The first kappa shape index (κ1) is 16.8. The van der Waals surface area contributed by atoms with E-state index >= 15 is 0 Å². The summed E-state index contributed by atoms with van der Waals surface area (Å²) in [4.78, 5) is 0. The molecule has 1 N–H and O–H groups in total. The van der Waals surface area contributed by atoms with Gasteiger partial charge in [-0.2, -0.15) is 0 Å². The fraction of sp³-hybridized carbons (Fsp3) is 0.800. The summed E-state index contributed by atoms with van der Waals surface area (Å²) in [5.74, 6) is 0.847. The Labute approximate surface area is 131 Å². The van der Waals surface area contributed by atoms with E-state index in [1.165, 1.54) is 44.1 Å². The van der Waals surface area contributed by atoms with Crippen molar-refractivity contribution in [3.05, 3.63) is 22.8 Å². The Morgan fingerprint density at radius 1 is 1.29 bits per heavy atom. The summed E-state index contributed by atoms with van der Waals surface area (Å²) in [7, 11) is 0. The lowest BCUT2D eigenvalue weighted by molar-refractivity contribution is 0.0105. The molecule has 0 aromatic carbocycles. The molecule has 0 aromatic rings. The van der Waals surface area contributed by atoms with Gasteiger partial charge in [0, 0.05) is 0 Å². The van der Waals surface area contributed by atoms with Gasteiger partial charge in [0.2, 0.25) is 0 Å². The number of aliphatic hydroxyl groups excluding tert-OH is 1. The summed E-state index contributed by atoms with van der Waals surface area (Å²) >= 11 is 0. The molecule has 1 saturated carbocycles. The number of fused-ring (bicyclic) bond motifs is 1. The molecule has 0 radical (unpaired) electrons. The maximum atomic E-state index is 9.04.